The number of rotatable bonds is 0. The Morgan fingerprint density at radius 1 is 0.867 bits per heavy atom. The highest BCUT2D eigenvalue weighted by Crippen LogP contribution is 2.72. The third-order valence-electron chi connectivity index (χ3n) is 6.87. The van der Waals surface area contributed by atoms with Gasteiger partial charge in [-0.3, -0.25) is 4.79 Å². The molecule has 0 N–H and O–H groups in total. The quantitative estimate of drug-likeness (QED) is 0.590. The average molecular weight is 202 g/mol. The molecule has 7 saturated carbocycles. The van der Waals surface area contributed by atoms with Crippen LogP contribution in [0.15, 0.2) is 0 Å². The molecule has 7 bridgehead atoms. The van der Waals surface area contributed by atoms with E-state index in [1.165, 1.54) is 32.1 Å². The Morgan fingerprint density at radius 2 is 1.73 bits per heavy atom. The van der Waals surface area contributed by atoms with Gasteiger partial charge in [0.1, 0.15) is 5.78 Å². The summed E-state index contributed by atoms with van der Waals surface area (Å²) in [5.41, 5.74) is 0. The Balaban J connectivity index is 1.78. The van der Waals surface area contributed by atoms with Crippen LogP contribution < -0.4 is 0 Å². The van der Waals surface area contributed by atoms with Crippen molar-refractivity contribution in [1.82, 2.24) is 0 Å². The highest BCUT2D eigenvalue weighted by atomic mass is 16.1. The van der Waals surface area contributed by atoms with Gasteiger partial charge in [0.2, 0.25) is 0 Å². The summed E-state index contributed by atoms with van der Waals surface area (Å²) in [6.07, 6.45) is 7.04. The molecule has 0 heterocycles. The maximum absolute atomic E-state index is 12.4. The average Bonchev–Trinajstić information content (AvgIpc) is 2.51. The first-order chi connectivity index (χ1) is 7.36. The van der Waals surface area contributed by atoms with Crippen LogP contribution in [0.4, 0.5) is 0 Å². The predicted molar refractivity (Wildman–Crippen MR) is 56.0 cm³/mol. The van der Waals surface area contributed by atoms with Gasteiger partial charge >= 0.3 is 0 Å². The lowest BCUT2D eigenvalue weighted by atomic mass is 9.50. The van der Waals surface area contributed by atoms with E-state index >= 15 is 0 Å². The summed E-state index contributed by atoms with van der Waals surface area (Å²) in [5, 5.41) is 0. The van der Waals surface area contributed by atoms with E-state index in [1.54, 1.807) is 0 Å². The second-order valence-corrected chi connectivity index (χ2v) is 6.83. The van der Waals surface area contributed by atoms with E-state index in [2.05, 4.69) is 0 Å². The second-order valence-electron chi connectivity index (χ2n) is 6.83. The first-order valence-electron chi connectivity index (χ1n) is 6.90. The Kier molecular flexibility index (Phi) is 1.15. The molecule has 0 aromatic rings. The number of ketones is 1. The summed E-state index contributed by atoms with van der Waals surface area (Å²) in [4.78, 5) is 12.4. The number of carbonyl (C=O) groups excluding carboxylic acids is 1. The van der Waals surface area contributed by atoms with Gasteiger partial charge in [-0.1, -0.05) is 0 Å². The van der Waals surface area contributed by atoms with E-state index in [9.17, 15) is 4.79 Å². The molecule has 0 amide bonds. The Bertz CT molecular complexity index is 358. The largest absolute Gasteiger partial charge is 0.299 e. The van der Waals surface area contributed by atoms with Crippen LogP contribution in [-0.4, -0.2) is 5.78 Å². The van der Waals surface area contributed by atoms with Crippen molar-refractivity contribution in [3.05, 3.63) is 0 Å². The van der Waals surface area contributed by atoms with Gasteiger partial charge < -0.3 is 0 Å². The normalized spacial score (nSPS) is 68.1. The monoisotopic (exact) mass is 202 g/mol. The molecule has 8 atom stereocenters. The van der Waals surface area contributed by atoms with Crippen LogP contribution in [0.3, 0.4) is 0 Å². The zero-order valence-corrected chi connectivity index (χ0v) is 9.06. The van der Waals surface area contributed by atoms with Crippen molar-refractivity contribution >= 4 is 5.78 Å². The molecule has 7 aliphatic rings. The van der Waals surface area contributed by atoms with Crippen LogP contribution in [0.1, 0.15) is 32.1 Å². The number of hydrogen-bond acceptors (Lipinski definition) is 1. The number of carbonyl (C=O) groups is 1. The van der Waals surface area contributed by atoms with E-state index in [0.29, 0.717) is 11.8 Å². The molecular weight excluding hydrogens is 184 g/mol. The van der Waals surface area contributed by atoms with Crippen molar-refractivity contribution in [3.63, 3.8) is 0 Å². The molecular formula is C14H18O. The maximum atomic E-state index is 12.4. The molecule has 1 heteroatoms. The first-order valence-corrected chi connectivity index (χ1v) is 6.90. The van der Waals surface area contributed by atoms with Crippen LogP contribution in [-0.2, 0) is 4.79 Å². The van der Waals surface area contributed by atoms with Gasteiger partial charge in [0, 0.05) is 11.8 Å². The number of fused-ring (bicyclic) bond motifs is 2. The lowest BCUT2D eigenvalue weighted by Gasteiger charge is -2.54. The van der Waals surface area contributed by atoms with Crippen LogP contribution in [0, 0.1) is 47.3 Å². The topological polar surface area (TPSA) is 17.1 Å². The van der Waals surface area contributed by atoms with E-state index in [1.807, 2.05) is 0 Å². The Hall–Kier alpha value is -0.330. The van der Waals surface area contributed by atoms with E-state index in [4.69, 9.17) is 0 Å². The second kappa shape index (κ2) is 2.19. The maximum Gasteiger partial charge on any atom is 0.139 e. The summed E-state index contributed by atoms with van der Waals surface area (Å²) in [7, 11) is 0. The van der Waals surface area contributed by atoms with Gasteiger partial charge in [-0.2, -0.15) is 0 Å². The number of Topliss-reactive ketones (excluding diaryl/α,β-unsaturated/α-hetero) is 1. The fourth-order valence-electron chi connectivity index (χ4n) is 6.80. The van der Waals surface area contributed by atoms with Crippen LogP contribution in [0.2, 0.25) is 0 Å². The molecule has 0 spiro atoms. The fraction of sp³-hybridized carbons (Fsp3) is 0.929. The zero-order valence-electron chi connectivity index (χ0n) is 9.06. The highest BCUT2D eigenvalue weighted by molar-refractivity contribution is 5.87. The molecule has 15 heavy (non-hydrogen) atoms. The summed E-state index contributed by atoms with van der Waals surface area (Å²) in [5.74, 6) is 7.36. The van der Waals surface area contributed by atoms with Gasteiger partial charge in [-0.25, -0.2) is 0 Å². The third-order valence-corrected chi connectivity index (χ3v) is 6.87. The fourth-order valence-corrected chi connectivity index (χ4v) is 6.80. The minimum Gasteiger partial charge on any atom is -0.299 e. The minimum absolute atomic E-state index is 0.533. The lowest BCUT2D eigenvalue weighted by Crippen LogP contribution is -2.51. The van der Waals surface area contributed by atoms with Gasteiger partial charge in [-0.05, 0) is 67.6 Å². The first kappa shape index (κ1) is 7.86. The SMILES string of the molecule is O=C1C2CCC3C1C1CC4CCC1C3C42. The molecule has 0 aromatic heterocycles. The van der Waals surface area contributed by atoms with Gasteiger partial charge in [0.05, 0.1) is 0 Å². The summed E-state index contributed by atoms with van der Waals surface area (Å²) >= 11 is 0. The van der Waals surface area contributed by atoms with Crippen LogP contribution >= 0.6 is 0 Å². The van der Waals surface area contributed by atoms with Crippen molar-refractivity contribution in [2.24, 2.45) is 47.3 Å². The van der Waals surface area contributed by atoms with Crippen molar-refractivity contribution in [1.29, 1.82) is 0 Å². The van der Waals surface area contributed by atoms with E-state index in [0.717, 1.165) is 41.3 Å². The van der Waals surface area contributed by atoms with Crippen LogP contribution in [0.5, 0.6) is 0 Å². The predicted octanol–water partition coefficient (Wildman–Crippen LogP) is 2.50. The third kappa shape index (κ3) is 0.646. The summed E-state index contributed by atoms with van der Waals surface area (Å²) in [6, 6.07) is 0. The molecule has 0 aliphatic heterocycles. The molecule has 1 nitrogen and oxygen atoms in total. The van der Waals surface area contributed by atoms with Gasteiger partial charge in [0.15, 0.2) is 0 Å². The molecule has 0 radical (unpaired) electrons. The van der Waals surface area contributed by atoms with Gasteiger partial charge in [0.25, 0.3) is 0 Å². The molecule has 0 aromatic carbocycles. The van der Waals surface area contributed by atoms with Crippen molar-refractivity contribution < 1.29 is 4.79 Å². The summed E-state index contributed by atoms with van der Waals surface area (Å²) in [6.45, 7) is 0. The van der Waals surface area contributed by atoms with E-state index in [-0.39, 0.29) is 0 Å². The molecule has 7 aliphatic carbocycles. The van der Waals surface area contributed by atoms with Crippen molar-refractivity contribution in [3.8, 4) is 0 Å². The standard InChI is InChI=1S/C14H18O/c15-14-9-4-3-8-12-7-2-1-6(11(9)12)5-10(7)13(8)14/h6-13H,1-5H2. The molecule has 8 unspecified atom stereocenters. The van der Waals surface area contributed by atoms with Crippen molar-refractivity contribution in [2.75, 3.05) is 0 Å². The zero-order chi connectivity index (χ0) is 9.73. The molecule has 80 valence electrons. The molecule has 0 saturated heterocycles. The summed E-state index contributed by atoms with van der Waals surface area (Å²) < 4.78 is 0. The Labute approximate surface area is 90.6 Å². The van der Waals surface area contributed by atoms with Gasteiger partial charge in [-0.15, -0.1) is 0 Å². The lowest BCUT2D eigenvalue weighted by molar-refractivity contribution is -0.142. The number of hydrogen-bond donors (Lipinski definition) is 0. The molecule has 7 fully saturated rings. The minimum atomic E-state index is 0.533. The Morgan fingerprint density at radius 3 is 2.67 bits per heavy atom. The highest BCUT2D eigenvalue weighted by Gasteiger charge is 2.69. The van der Waals surface area contributed by atoms with Crippen LogP contribution in [0.25, 0.3) is 0 Å². The smallest absolute Gasteiger partial charge is 0.139 e. The van der Waals surface area contributed by atoms with Crippen molar-refractivity contribution in [2.45, 2.75) is 32.1 Å². The molecule has 7 rings (SSSR count). The van der Waals surface area contributed by atoms with E-state index < -0.39 is 0 Å².